The number of fused-ring (bicyclic) bond motifs is 1. The third kappa shape index (κ3) is 5.49. The van der Waals surface area contributed by atoms with Gasteiger partial charge in [-0.3, -0.25) is 9.69 Å². The Kier molecular flexibility index (Phi) is 7.00. The number of carbonyl (C=O) groups excluding carboxylic acids is 1. The quantitative estimate of drug-likeness (QED) is 0.337. The van der Waals surface area contributed by atoms with Crippen molar-refractivity contribution in [2.75, 3.05) is 46.8 Å². The first-order chi connectivity index (χ1) is 18.9. The number of benzene rings is 2. The molecule has 2 aromatic carbocycles. The van der Waals surface area contributed by atoms with E-state index in [9.17, 15) is 4.79 Å². The van der Waals surface area contributed by atoms with E-state index in [1.165, 1.54) is 54.7 Å². The van der Waals surface area contributed by atoms with Crippen molar-refractivity contribution in [2.45, 2.75) is 33.2 Å². The zero-order chi connectivity index (χ0) is 27.1. The largest absolute Gasteiger partial charge is 0.346 e. The van der Waals surface area contributed by atoms with Crippen molar-refractivity contribution in [1.29, 1.82) is 0 Å². The van der Waals surface area contributed by atoms with Crippen molar-refractivity contribution in [3.63, 3.8) is 0 Å². The molecule has 4 aromatic rings. The highest BCUT2D eigenvalue weighted by Gasteiger charge is 2.26. The van der Waals surface area contributed by atoms with Crippen molar-refractivity contribution in [3.05, 3.63) is 77.1 Å². The zero-order valence-corrected chi connectivity index (χ0v) is 23.6. The summed E-state index contributed by atoms with van der Waals surface area (Å²) in [5.41, 5.74) is 10.2. The minimum atomic E-state index is 0.00875. The van der Waals surface area contributed by atoms with Crippen LogP contribution in [0, 0.1) is 19.8 Å². The molecule has 0 bridgehead atoms. The van der Waals surface area contributed by atoms with Crippen molar-refractivity contribution < 1.29 is 4.79 Å². The lowest BCUT2D eigenvalue weighted by Crippen LogP contribution is -2.46. The number of hydrogen-bond acceptors (Lipinski definition) is 4. The molecule has 1 N–H and O–H groups in total. The van der Waals surface area contributed by atoms with E-state index in [1.54, 1.807) is 19.0 Å². The molecule has 1 saturated heterocycles. The van der Waals surface area contributed by atoms with E-state index in [2.05, 4.69) is 46.8 Å². The first-order valence-electron chi connectivity index (χ1n) is 14.2. The first-order valence-corrected chi connectivity index (χ1v) is 14.2. The van der Waals surface area contributed by atoms with E-state index in [-0.39, 0.29) is 5.91 Å². The van der Waals surface area contributed by atoms with Crippen LogP contribution in [0.1, 0.15) is 39.9 Å². The Morgan fingerprint density at radius 1 is 0.923 bits per heavy atom. The Morgan fingerprint density at radius 3 is 2.23 bits per heavy atom. The Hall–Kier alpha value is -3.48. The summed E-state index contributed by atoms with van der Waals surface area (Å²) in [7, 11) is 3.55. The third-order valence-electron chi connectivity index (χ3n) is 8.47. The maximum Gasteiger partial charge on any atom is 0.253 e. The summed E-state index contributed by atoms with van der Waals surface area (Å²) < 4.78 is 0. The predicted octanol–water partition coefficient (Wildman–Crippen LogP) is 5.74. The number of aromatic amines is 1. The van der Waals surface area contributed by atoms with Crippen LogP contribution < -0.4 is 0 Å². The van der Waals surface area contributed by atoms with Gasteiger partial charge in [0.25, 0.3) is 5.91 Å². The van der Waals surface area contributed by atoms with E-state index < -0.39 is 0 Å². The average Bonchev–Trinajstić information content (AvgIpc) is 3.66. The first kappa shape index (κ1) is 25.8. The van der Waals surface area contributed by atoms with Crippen LogP contribution in [0.4, 0.5) is 0 Å². The molecule has 6 nitrogen and oxygen atoms in total. The lowest BCUT2D eigenvalue weighted by Gasteiger charge is -2.35. The number of nitrogens with zero attached hydrogens (tertiary/aromatic N) is 4. The van der Waals surface area contributed by atoms with E-state index in [1.807, 2.05) is 36.7 Å². The number of piperazine rings is 1. The number of aromatic nitrogens is 2. The lowest BCUT2D eigenvalue weighted by atomic mass is 9.95. The van der Waals surface area contributed by atoms with Crippen LogP contribution in [0.5, 0.6) is 0 Å². The second-order valence-electron chi connectivity index (χ2n) is 11.7. The molecule has 202 valence electrons. The molecule has 2 aromatic heterocycles. The summed E-state index contributed by atoms with van der Waals surface area (Å²) in [6, 6.07) is 14.7. The molecule has 3 heterocycles. The van der Waals surface area contributed by atoms with Gasteiger partial charge in [-0.1, -0.05) is 24.3 Å². The number of nitrogens with one attached hydrogen (secondary N) is 1. The molecule has 2 fully saturated rings. The Labute approximate surface area is 231 Å². The summed E-state index contributed by atoms with van der Waals surface area (Å²) in [5.74, 6) is 0.985. The molecule has 0 spiro atoms. The second kappa shape index (κ2) is 10.6. The molecule has 0 unspecified atom stereocenters. The fourth-order valence-electron chi connectivity index (χ4n) is 5.88. The summed E-state index contributed by atoms with van der Waals surface area (Å²) >= 11 is 0. The topological polar surface area (TPSA) is 55.5 Å². The number of hydrogen-bond donors (Lipinski definition) is 1. The van der Waals surface area contributed by atoms with Gasteiger partial charge in [0.1, 0.15) is 5.65 Å². The van der Waals surface area contributed by atoms with Crippen LogP contribution in [-0.4, -0.2) is 77.4 Å². The maximum absolute atomic E-state index is 12.3. The summed E-state index contributed by atoms with van der Waals surface area (Å²) in [6.07, 6.45) is 6.85. The SMILES string of the molecule is Cc1cc(-c2cnc3[nH]cc(-c4ccc(C(=O)N(C)C)cc4)c3c2)cc(C)c1CN1CCN(CC2CC2)CC1. The van der Waals surface area contributed by atoms with E-state index in [0.717, 1.165) is 53.3 Å². The Balaban J connectivity index is 1.21. The monoisotopic (exact) mass is 521 g/mol. The predicted molar refractivity (Wildman–Crippen MR) is 159 cm³/mol. The number of aryl methyl sites for hydroxylation is 2. The highest BCUT2D eigenvalue weighted by Crippen LogP contribution is 2.33. The molecule has 6 heteroatoms. The third-order valence-corrected chi connectivity index (χ3v) is 8.47. The van der Waals surface area contributed by atoms with E-state index in [0.29, 0.717) is 5.56 Å². The van der Waals surface area contributed by atoms with Crippen LogP contribution in [0.2, 0.25) is 0 Å². The van der Waals surface area contributed by atoms with E-state index >= 15 is 0 Å². The smallest absolute Gasteiger partial charge is 0.253 e. The molecule has 1 amide bonds. The van der Waals surface area contributed by atoms with Gasteiger partial charge in [0.05, 0.1) is 0 Å². The van der Waals surface area contributed by atoms with Gasteiger partial charge in [-0.25, -0.2) is 4.98 Å². The Bertz CT molecular complexity index is 1470. The fourth-order valence-corrected chi connectivity index (χ4v) is 5.88. The van der Waals surface area contributed by atoms with Crippen molar-refractivity contribution >= 4 is 16.9 Å². The van der Waals surface area contributed by atoms with Gasteiger partial charge in [0.2, 0.25) is 0 Å². The van der Waals surface area contributed by atoms with Gasteiger partial charge in [0.15, 0.2) is 0 Å². The normalized spacial score (nSPS) is 16.6. The van der Waals surface area contributed by atoms with Crippen LogP contribution in [0.15, 0.2) is 54.9 Å². The highest BCUT2D eigenvalue weighted by molar-refractivity contribution is 5.98. The van der Waals surface area contributed by atoms with Gasteiger partial charge in [-0.15, -0.1) is 0 Å². The molecule has 39 heavy (non-hydrogen) atoms. The summed E-state index contributed by atoms with van der Waals surface area (Å²) in [4.78, 5) is 27.3. The molecule has 1 aliphatic carbocycles. The van der Waals surface area contributed by atoms with Gasteiger partial charge in [-0.2, -0.15) is 0 Å². The Morgan fingerprint density at radius 2 is 1.59 bits per heavy atom. The average molecular weight is 522 g/mol. The standard InChI is InChI=1S/C33H39N5O/c1-22-15-27(16-23(2)31(22)21-38-13-11-37(12-14-38)20-24-5-6-24)28-17-29-30(19-35-32(29)34-18-28)25-7-9-26(10-8-25)33(39)36(3)4/h7-10,15-19,24H,5-6,11-14,20-21H2,1-4H3,(H,34,35). The van der Waals surface area contributed by atoms with Gasteiger partial charge in [0, 0.05) is 87.8 Å². The highest BCUT2D eigenvalue weighted by atomic mass is 16.2. The summed E-state index contributed by atoms with van der Waals surface area (Å²) in [5, 5.41) is 1.09. The maximum atomic E-state index is 12.3. The van der Waals surface area contributed by atoms with Crippen molar-refractivity contribution in [2.24, 2.45) is 5.92 Å². The van der Waals surface area contributed by atoms with Crippen molar-refractivity contribution in [1.82, 2.24) is 24.7 Å². The molecular weight excluding hydrogens is 482 g/mol. The van der Waals surface area contributed by atoms with Crippen molar-refractivity contribution in [3.8, 4) is 22.3 Å². The van der Waals surface area contributed by atoms with Gasteiger partial charge in [-0.05, 0) is 78.6 Å². The minimum absolute atomic E-state index is 0.00875. The fraction of sp³-hybridized carbons (Fsp3) is 0.394. The molecule has 1 saturated carbocycles. The summed E-state index contributed by atoms with van der Waals surface area (Å²) in [6.45, 7) is 11.6. The zero-order valence-electron chi connectivity index (χ0n) is 23.6. The molecular formula is C33H39N5O. The molecule has 0 atom stereocenters. The molecule has 0 radical (unpaired) electrons. The number of pyridine rings is 1. The van der Waals surface area contributed by atoms with Crippen LogP contribution in [-0.2, 0) is 6.54 Å². The van der Waals surface area contributed by atoms with E-state index in [4.69, 9.17) is 4.98 Å². The molecule has 1 aliphatic heterocycles. The van der Waals surface area contributed by atoms with Crippen LogP contribution in [0.3, 0.4) is 0 Å². The molecule has 6 rings (SSSR count). The van der Waals surface area contributed by atoms with Crippen LogP contribution in [0.25, 0.3) is 33.3 Å². The molecule has 2 aliphatic rings. The van der Waals surface area contributed by atoms with Gasteiger partial charge < -0.3 is 14.8 Å². The number of carbonyl (C=O) groups is 1. The number of rotatable bonds is 7. The minimum Gasteiger partial charge on any atom is -0.346 e. The second-order valence-corrected chi connectivity index (χ2v) is 11.7. The lowest BCUT2D eigenvalue weighted by molar-refractivity contribution is 0.0827. The number of H-pyrrole nitrogens is 1. The van der Waals surface area contributed by atoms with Gasteiger partial charge >= 0.3 is 0 Å². The van der Waals surface area contributed by atoms with Crippen LogP contribution >= 0.6 is 0 Å². The number of amides is 1.